The van der Waals surface area contributed by atoms with Crippen molar-refractivity contribution in [1.82, 2.24) is 0 Å². The average molecular weight is 296 g/mol. The summed E-state index contributed by atoms with van der Waals surface area (Å²) >= 11 is 0. The molecule has 0 amide bonds. The van der Waals surface area contributed by atoms with Gasteiger partial charge in [0, 0.05) is 6.42 Å². The van der Waals surface area contributed by atoms with E-state index in [0.29, 0.717) is 18.6 Å². The summed E-state index contributed by atoms with van der Waals surface area (Å²) in [6, 6.07) is 0. The maximum Gasteiger partial charge on any atom is 0.303 e. The first kappa shape index (κ1) is 18.2. The molecule has 1 fully saturated rings. The lowest BCUT2D eigenvalue weighted by atomic mass is 10.1. The first-order chi connectivity index (χ1) is 10.2. The zero-order valence-electron chi connectivity index (χ0n) is 13.6. The number of ether oxygens (including phenoxy) is 1. The first-order valence-electron chi connectivity index (χ1n) is 8.76. The molecule has 0 bridgehead atoms. The Balaban J connectivity index is 1.81. The number of unbranched alkanes of at least 4 members (excludes halogenated alkanes) is 7. The number of carbonyl (C=O) groups is 1. The van der Waals surface area contributed by atoms with Crippen molar-refractivity contribution in [1.29, 1.82) is 0 Å². The van der Waals surface area contributed by atoms with Crippen LogP contribution in [0.25, 0.3) is 0 Å². The van der Waals surface area contributed by atoms with Crippen LogP contribution < -0.4 is 0 Å². The Bertz CT molecular complexity index is 299. The molecule has 0 aromatic carbocycles. The third-order valence-electron chi connectivity index (χ3n) is 4.08. The van der Waals surface area contributed by atoms with Crippen LogP contribution >= 0.6 is 0 Å². The van der Waals surface area contributed by atoms with E-state index in [4.69, 9.17) is 9.84 Å². The van der Waals surface area contributed by atoms with Gasteiger partial charge in [-0.1, -0.05) is 57.6 Å². The molecule has 3 nitrogen and oxygen atoms in total. The Labute approximate surface area is 129 Å². The normalized spacial score (nSPS) is 21.0. The molecule has 0 saturated carbocycles. The smallest absolute Gasteiger partial charge is 0.303 e. The highest BCUT2D eigenvalue weighted by Gasteiger charge is 2.36. The Hall–Kier alpha value is -0.830. The fourth-order valence-corrected chi connectivity index (χ4v) is 2.65. The average Bonchev–Trinajstić information content (AvgIpc) is 3.19. The van der Waals surface area contributed by atoms with Crippen molar-refractivity contribution < 1.29 is 14.6 Å². The zero-order valence-corrected chi connectivity index (χ0v) is 13.6. The van der Waals surface area contributed by atoms with E-state index in [2.05, 4.69) is 19.1 Å². The monoisotopic (exact) mass is 296 g/mol. The number of rotatable bonds is 14. The summed E-state index contributed by atoms with van der Waals surface area (Å²) in [4.78, 5) is 10.3. The second-order valence-electron chi connectivity index (χ2n) is 6.12. The van der Waals surface area contributed by atoms with E-state index in [1.165, 1.54) is 38.5 Å². The van der Waals surface area contributed by atoms with E-state index < -0.39 is 5.97 Å². The second-order valence-corrected chi connectivity index (χ2v) is 6.12. The van der Waals surface area contributed by atoms with Gasteiger partial charge in [0.1, 0.15) is 0 Å². The molecule has 122 valence electrons. The summed E-state index contributed by atoms with van der Waals surface area (Å²) in [7, 11) is 0. The lowest BCUT2D eigenvalue weighted by Crippen LogP contribution is -1.93. The van der Waals surface area contributed by atoms with Crippen LogP contribution in [0.1, 0.15) is 84.0 Å². The largest absolute Gasteiger partial charge is 0.481 e. The molecular weight excluding hydrogens is 264 g/mol. The number of hydrogen-bond acceptors (Lipinski definition) is 2. The summed E-state index contributed by atoms with van der Waals surface area (Å²) < 4.78 is 5.66. The number of epoxide rings is 1. The molecule has 0 aromatic rings. The van der Waals surface area contributed by atoms with Crippen LogP contribution in [0.5, 0.6) is 0 Å². The Morgan fingerprint density at radius 2 is 1.76 bits per heavy atom. The fraction of sp³-hybridized carbons (Fsp3) is 0.833. The summed E-state index contributed by atoms with van der Waals surface area (Å²) in [5, 5.41) is 8.52. The zero-order chi connectivity index (χ0) is 15.3. The number of carboxylic acids is 1. The van der Waals surface area contributed by atoms with Gasteiger partial charge in [0.25, 0.3) is 0 Å². The number of hydrogen-bond donors (Lipinski definition) is 1. The first-order valence-corrected chi connectivity index (χ1v) is 8.76. The maximum atomic E-state index is 10.3. The molecule has 0 spiro atoms. The molecule has 0 radical (unpaired) electrons. The minimum Gasteiger partial charge on any atom is -0.481 e. The van der Waals surface area contributed by atoms with Gasteiger partial charge < -0.3 is 9.84 Å². The highest BCUT2D eigenvalue weighted by molar-refractivity contribution is 5.66. The predicted octanol–water partition coefficient (Wildman–Crippen LogP) is 5.10. The van der Waals surface area contributed by atoms with Gasteiger partial charge >= 0.3 is 5.97 Å². The van der Waals surface area contributed by atoms with Gasteiger partial charge in [-0.05, 0) is 32.1 Å². The molecule has 21 heavy (non-hydrogen) atoms. The van der Waals surface area contributed by atoms with Crippen LogP contribution in [0.15, 0.2) is 12.2 Å². The van der Waals surface area contributed by atoms with Gasteiger partial charge in [-0.15, -0.1) is 0 Å². The van der Waals surface area contributed by atoms with Crippen LogP contribution in [0.4, 0.5) is 0 Å². The van der Waals surface area contributed by atoms with E-state index in [-0.39, 0.29) is 0 Å². The van der Waals surface area contributed by atoms with Crippen LogP contribution in [0.2, 0.25) is 0 Å². The second kappa shape index (κ2) is 11.8. The molecule has 1 N–H and O–H groups in total. The molecule has 1 saturated heterocycles. The van der Waals surface area contributed by atoms with Crippen LogP contribution in [-0.2, 0) is 9.53 Å². The molecule has 3 heteroatoms. The predicted molar refractivity (Wildman–Crippen MR) is 86.5 cm³/mol. The molecule has 1 rings (SSSR count). The lowest BCUT2D eigenvalue weighted by molar-refractivity contribution is -0.137. The molecule has 1 aliphatic heterocycles. The van der Waals surface area contributed by atoms with Crippen LogP contribution in [-0.4, -0.2) is 23.3 Å². The van der Waals surface area contributed by atoms with E-state index in [0.717, 1.165) is 32.1 Å². The molecule has 0 unspecified atom stereocenters. The Morgan fingerprint density at radius 3 is 2.52 bits per heavy atom. The Morgan fingerprint density at radius 1 is 1.00 bits per heavy atom. The van der Waals surface area contributed by atoms with E-state index in [9.17, 15) is 4.79 Å². The molecule has 0 aromatic heterocycles. The van der Waals surface area contributed by atoms with Gasteiger partial charge in [-0.2, -0.15) is 0 Å². The highest BCUT2D eigenvalue weighted by atomic mass is 16.6. The fourth-order valence-electron chi connectivity index (χ4n) is 2.65. The van der Waals surface area contributed by atoms with Crippen molar-refractivity contribution in [2.45, 2.75) is 96.2 Å². The summed E-state index contributed by atoms with van der Waals surface area (Å²) in [5.74, 6) is -0.673. The van der Waals surface area contributed by atoms with Crippen molar-refractivity contribution in [3.8, 4) is 0 Å². The van der Waals surface area contributed by atoms with Gasteiger partial charge in [0.15, 0.2) is 0 Å². The summed E-state index contributed by atoms with van der Waals surface area (Å²) in [6.07, 6.45) is 18.7. The lowest BCUT2D eigenvalue weighted by Gasteiger charge is -1.98. The Kier molecular flexibility index (Phi) is 10.2. The molecule has 1 heterocycles. The van der Waals surface area contributed by atoms with Crippen LogP contribution in [0, 0.1) is 0 Å². The van der Waals surface area contributed by atoms with Gasteiger partial charge in [-0.3, -0.25) is 4.79 Å². The molecule has 2 atom stereocenters. The minimum atomic E-state index is -0.673. The standard InChI is InChI=1S/C18H32O3/c1-2-3-10-13-16-17(21-16)14-11-8-6-4-5-7-9-12-15-18(19)20/h8,11,16-17H,2-7,9-10,12-15H2,1H3,(H,19,20)/b11-8-/t16-,17+/m1/s1. The van der Waals surface area contributed by atoms with Gasteiger partial charge in [-0.25, -0.2) is 0 Å². The molecule has 1 aliphatic rings. The minimum absolute atomic E-state index is 0.320. The third-order valence-corrected chi connectivity index (χ3v) is 4.08. The molecular formula is C18H32O3. The SMILES string of the molecule is CCCCC[C@H]1O[C@H]1C/C=C\CCCCCCCC(=O)O. The van der Waals surface area contributed by atoms with Crippen molar-refractivity contribution in [3.05, 3.63) is 12.2 Å². The van der Waals surface area contributed by atoms with Crippen molar-refractivity contribution >= 4 is 5.97 Å². The highest BCUT2D eigenvalue weighted by Crippen LogP contribution is 2.30. The maximum absolute atomic E-state index is 10.3. The third kappa shape index (κ3) is 10.5. The van der Waals surface area contributed by atoms with Crippen molar-refractivity contribution in [2.75, 3.05) is 0 Å². The summed E-state index contributed by atoms with van der Waals surface area (Å²) in [5.41, 5.74) is 0. The number of carboxylic acid groups (broad SMARTS) is 1. The quantitative estimate of drug-likeness (QED) is 0.276. The van der Waals surface area contributed by atoms with E-state index in [1.807, 2.05) is 0 Å². The number of allylic oxidation sites excluding steroid dienone is 1. The van der Waals surface area contributed by atoms with Crippen LogP contribution in [0.3, 0.4) is 0 Å². The van der Waals surface area contributed by atoms with E-state index in [1.54, 1.807) is 0 Å². The van der Waals surface area contributed by atoms with Crippen molar-refractivity contribution in [2.24, 2.45) is 0 Å². The topological polar surface area (TPSA) is 49.8 Å². The van der Waals surface area contributed by atoms with Crippen molar-refractivity contribution in [3.63, 3.8) is 0 Å². The van der Waals surface area contributed by atoms with E-state index >= 15 is 0 Å². The summed E-state index contributed by atoms with van der Waals surface area (Å²) in [6.45, 7) is 2.24. The van der Waals surface area contributed by atoms with Gasteiger partial charge in [0.2, 0.25) is 0 Å². The molecule has 0 aliphatic carbocycles. The van der Waals surface area contributed by atoms with Gasteiger partial charge in [0.05, 0.1) is 12.2 Å². The number of aliphatic carboxylic acids is 1.